The molecule has 0 atom stereocenters. The molecular weight excluding hydrogens is 375 g/mol. The first-order valence-corrected chi connectivity index (χ1v) is 8.86. The molecule has 0 aliphatic carbocycles. The standard InChI is InChI=1S/C19H20Cl2N2O3/c1-12(2)10-22-19(25)13-3-6-15(7-4-13)23-18(24)11-26-17-8-5-14(20)9-16(17)21/h3-9,12H,10-11H2,1-2H3,(H,22,25)(H,23,24). The average Bonchev–Trinajstić information content (AvgIpc) is 2.59. The predicted molar refractivity (Wildman–Crippen MR) is 104 cm³/mol. The highest BCUT2D eigenvalue weighted by molar-refractivity contribution is 6.35. The Morgan fingerprint density at radius 1 is 1.08 bits per heavy atom. The van der Waals surface area contributed by atoms with E-state index in [2.05, 4.69) is 10.6 Å². The Hall–Kier alpha value is -2.24. The number of carbonyl (C=O) groups excluding carboxylic acids is 2. The summed E-state index contributed by atoms with van der Waals surface area (Å²) < 4.78 is 5.38. The zero-order valence-electron chi connectivity index (χ0n) is 14.5. The molecule has 0 aromatic heterocycles. The fourth-order valence-corrected chi connectivity index (χ4v) is 2.50. The average molecular weight is 395 g/mol. The van der Waals surface area contributed by atoms with Gasteiger partial charge in [0, 0.05) is 22.8 Å². The van der Waals surface area contributed by atoms with Gasteiger partial charge in [-0.3, -0.25) is 9.59 Å². The smallest absolute Gasteiger partial charge is 0.262 e. The number of hydrogen-bond acceptors (Lipinski definition) is 3. The third-order valence-electron chi connectivity index (χ3n) is 3.35. The second-order valence-electron chi connectivity index (χ2n) is 6.09. The first kappa shape index (κ1) is 20.1. The maximum absolute atomic E-state index is 12.0. The molecule has 5 nitrogen and oxygen atoms in total. The van der Waals surface area contributed by atoms with Gasteiger partial charge in [0.05, 0.1) is 5.02 Å². The van der Waals surface area contributed by atoms with Gasteiger partial charge >= 0.3 is 0 Å². The van der Waals surface area contributed by atoms with Crippen LogP contribution < -0.4 is 15.4 Å². The molecule has 0 fully saturated rings. The molecule has 2 amide bonds. The number of benzene rings is 2. The van der Waals surface area contributed by atoms with Crippen molar-refractivity contribution in [3.63, 3.8) is 0 Å². The van der Waals surface area contributed by atoms with Gasteiger partial charge in [-0.1, -0.05) is 37.0 Å². The molecule has 0 aliphatic heterocycles. The molecule has 2 aromatic rings. The lowest BCUT2D eigenvalue weighted by Gasteiger charge is -2.10. The largest absolute Gasteiger partial charge is 0.482 e. The molecule has 0 spiro atoms. The van der Waals surface area contributed by atoms with Crippen LogP contribution in [0.2, 0.25) is 10.0 Å². The molecule has 138 valence electrons. The van der Waals surface area contributed by atoms with Crippen molar-refractivity contribution in [2.75, 3.05) is 18.5 Å². The van der Waals surface area contributed by atoms with Crippen molar-refractivity contribution in [2.45, 2.75) is 13.8 Å². The van der Waals surface area contributed by atoms with E-state index in [0.717, 1.165) is 0 Å². The molecule has 26 heavy (non-hydrogen) atoms. The van der Waals surface area contributed by atoms with Crippen molar-refractivity contribution in [1.82, 2.24) is 5.32 Å². The highest BCUT2D eigenvalue weighted by atomic mass is 35.5. The van der Waals surface area contributed by atoms with E-state index in [1.807, 2.05) is 13.8 Å². The van der Waals surface area contributed by atoms with Crippen LogP contribution in [0.15, 0.2) is 42.5 Å². The van der Waals surface area contributed by atoms with Crippen LogP contribution in [0.25, 0.3) is 0 Å². The summed E-state index contributed by atoms with van der Waals surface area (Å²) in [6.45, 7) is 4.47. The molecule has 0 unspecified atom stereocenters. The molecule has 2 N–H and O–H groups in total. The molecule has 0 saturated carbocycles. The summed E-state index contributed by atoms with van der Waals surface area (Å²) in [5.41, 5.74) is 1.11. The second kappa shape index (κ2) is 9.46. The monoisotopic (exact) mass is 394 g/mol. The topological polar surface area (TPSA) is 67.4 Å². The third-order valence-corrected chi connectivity index (χ3v) is 3.88. The minimum atomic E-state index is -0.340. The Labute approximate surface area is 162 Å². The second-order valence-corrected chi connectivity index (χ2v) is 6.94. The number of ether oxygens (including phenoxy) is 1. The number of halogens is 2. The molecule has 0 radical (unpaired) electrons. The van der Waals surface area contributed by atoms with Crippen LogP contribution in [0.1, 0.15) is 24.2 Å². The quantitative estimate of drug-likeness (QED) is 0.731. The maximum Gasteiger partial charge on any atom is 0.262 e. The van der Waals surface area contributed by atoms with E-state index in [9.17, 15) is 9.59 Å². The van der Waals surface area contributed by atoms with Crippen LogP contribution in [0.4, 0.5) is 5.69 Å². The molecular formula is C19H20Cl2N2O3. The molecule has 7 heteroatoms. The summed E-state index contributed by atoms with van der Waals surface area (Å²) in [4.78, 5) is 23.9. The molecule has 0 heterocycles. The van der Waals surface area contributed by atoms with E-state index < -0.39 is 0 Å². The van der Waals surface area contributed by atoms with Crippen molar-refractivity contribution in [1.29, 1.82) is 0 Å². The minimum Gasteiger partial charge on any atom is -0.482 e. The van der Waals surface area contributed by atoms with Gasteiger partial charge in [-0.25, -0.2) is 0 Å². The summed E-state index contributed by atoms with van der Waals surface area (Å²) in [5.74, 6) is 0.278. The van der Waals surface area contributed by atoms with Gasteiger partial charge in [-0.05, 0) is 48.4 Å². The SMILES string of the molecule is CC(C)CNC(=O)c1ccc(NC(=O)COc2ccc(Cl)cc2Cl)cc1. The maximum atomic E-state index is 12.0. The summed E-state index contributed by atoms with van der Waals surface area (Å²) >= 11 is 11.8. The van der Waals surface area contributed by atoms with Crippen molar-refractivity contribution < 1.29 is 14.3 Å². The van der Waals surface area contributed by atoms with Gasteiger partial charge in [-0.2, -0.15) is 0 Å². The van der Waals surface area contributed by atoms with Crippen LogP contribution in [0, 0.1) is 5.92 Å². The van der Waals surface area contributed by atoms with Crippen molar-refractivity contribution in [3.05, 3.63) is 58.1 Å². The summed E-state index contributed by atoms with van der Waals surface area (Å²) in [6.07, 6.45) is 0. The number of anilines is 1. The molecule has 0 saturated heterocycles. The van der Waals surface area contributed by atoms with E-state index in [-0.39, 0.29) is 18.4 Å². The van der Waals surface area contributed by atoms with Gasteiger partial charge in [0.15, 0.2) is 6.61 Å². The van der Waals surface area contributed by atoms with Gasteiger partial charge in [0.1, 0.15) is 5.75 Å². The number of hydrogen-bond donors (Lipinski definition) is 2. The van der Waals surface area contributed by atoms with Crippen LogP contribution >= 0.6 is 23.2 Å². The van der Waals surface area contributed by atoms with Crippen LogP contribution in [-0.4, -0.2) is 25.0 Å². The Bertz CT molecular complexity index is 777. The molecule has 0 aliphatic rings. The fourth-order valence-electron chi connectivity index (χ4n) is 2.04. The molecule has 2 aromatic carbocycles. The highest BCUT2D eigenvalue weighted by Crippen LogP contribution is 2.27. The normalized spacial score (nSPS) is 10.5. The Kier molecular flexibility index (Phi) is 7.30. The highest BCUT2D eigenvalue weighted by Gasteiger charge is 2.09. The number of amides is 2. The van der Waals surface area contributed by atoms with E-state index in [1.165, 1.54) is 0 Å². The summed E-state index contributed by atoms with van der Waals surface area (Å²) in [5, 5.41) is 6.36. The van der Waals surface area contributed by atoms with Gasteiger partial charge in [0.25, 0.3) is 11.8 Å². The number of nitrogens with one attached hydrogen (secondary N) is 2. The van der Waals surface area contributed by atoms with Gasteiger partial charge in [0.2, 0.25) is 0 Å². The van der Waals surface area contributed by atoms with E-state index in [4.69, 9.17) is 27.9 Å². The van der Waals surface area contributed by atoms with Crippen LogP contribution in [-0.2, 0) is 4.79 Å². The van der Waals surface area contributed by atoms with Crippen molar-refractivity contribution in [3.8, 4) is 5.75 Å². The Morgan fingerprint density at radius 2 is 1.77 bits per heavy atom. The van der Waals surface area contributed by atoms with E-state index >= 15 is 0 Å². The zero-order valence-corrected chi connectivity index (χ0v) is 16.0. The molecule has 2 rings (SSSR count). The first-order valence-electron chi connectivity index (χ1n) is 8.11. The van der Waals surface area contributed by atoms with Crippen molar-refractivity contribution in [2.24, 2.45) is 5.92 Å². The van der Waals surface area contributed by atoms with E-state index in [0.29, 0.717) is 39.5 Å². The Balaban J connectivity index is 1.86. The van der Waals surface area contributed by atoms with Crippen LogP contribution in [0.3, 0.4) is 0 Å². The third kappa shape index (κ3) is 6.24. The molecule has 0 bridgehead atoms. The van der Waals surface area contributed by atoms with Crippen LogP contribution in [0.5, 0.6) is 5.75 Å². The number of carbonyl (C=O) groups is 2. The zero-order chi connectivity index (χ0) is 19.1. The fraction of sp³-hybridized carbons (Fsp3) is 0.263. The predicted octanol–water partition coefficient (Wildman–Crippen LogP) is 4.40. The van der Waals surface area contributed by atoms with E-state index in [1.54, 1.807) is 42.5 Å². The Morgan fingerprint density at radius 3 is 2.38 bits per heavy atom. The van der Waals surface area contributed by atoms with Gasteiger partial charge < -0.3 is 15.4 Å². The van der Waals surface area contributed by atoms with Crippen molar-refractivity contribution >= 4 is 40.7 Å². The lowest BCUT2D eigenvalue weighted by Crippen LogP contribution is -2.27. The summed E-state index contributed by atoms with van der Waals surface area (Å²) in [6, 6.07) is 11.4. The lowest BCUT2D eigenvalue weighted by atomic mass is 10.1. The lowest BCUT2D eigenvalue weighted by molar-refractivity contribution is -0.118. The van der Waals surface area contributed by atoms with Gasteiger partial charge in [-0.15, -0.1) is 0 Å². The summed E-state index contributed by atoms with van der Waals surface area (Å²) in [7, 11) is 0. The minimum absolute atomic E-state index is 0.141. The number of rotatable bonds is 7. The first-order chi connectivity index (χ1) is 12.3.